The van der Waals surface area contributed by atoms with Gasteiger partial charge in [0.15, 0.2) is 26.0 Å². The third-order valence-electron chi connectivity index (χ3n) is 11.8. The summed E-state index contributed by atoms with van der Waals surface area (Å²) >= 11 is 0. The molecule has 3 N–H and O–H groups in total. The van der Waals surface area contributed by atoms with Crippen LogP contribution in [0, 0.1) is 11.3 Å². The largest absolute Gasteiger partial charge is 0.479 e. The van der Waals surface area contributed by atoms with Crippen LogP contribution < -0.4 is 0 Å². The minimum atomic E-state index is -2.51. The topological polar surface area (TPSA) is 178 Å². The van der Waals surface area contributed by atoms with Crippen molar-refractivity contribution in [2.45, 2.75) is 174 Å². The number of ether oxygens (including phenoxy) is 8. The molecular weight excluding hydrogens is 793 g/mol. The number of ketones is 1. The van der Waals surface area contributed by atoms with E-state index in [4.69, 9.17) is 42.3 Å². The van der Waals surface area contributed by atoms with E-state index in [0.29, 0.717) is 13.2 Å². The molecule has 60 heavy (non-hydrogen) atoms. The minimum absolute atomic E-state index is 0.0647. The van der Waals surface area contributed by atoms with Crippen LogP contribution in [0.2, 0.25) is 18.1 Å². The van der Waals surface area contributed by atoms with Crippen LogP contribution in [0.4, 0.5) is 0 Å². The molecule has 9 atom stereocenters. The molecule has 346 valence electrons. The minimum Gasteiger partial charge on any atom is -0.479 e. The molecule has 1 fully saturated rings. The zero-order valence-corrected chi connectivity index (χ0v) is 39.9. The standard InChI is InChI=1S/C45H78O14Si/c1-15-31(26-54-27-32-19-17-16-18-20-32)21-30(2)35(46)22-33(53-12)25-38(47)44(6,7)41(48)39-37(57-45(8,9)58-39)24-34(59-60(13,14)43(3,4)5)23-36(55-28-51-10)40(42(49)50)56-29-52-11/h16-21,31,33-40,46-47H,15,22-29H2,1-14H3,(H,49,50)/b30-21-/t31-,33-,34+,35+,36-,37-,38+,39-,40+/m1/s1. The molecule has 0 unspecified atom stereocenters. The number of aliphatic hydroxyl groups excluding tert-OH is 2. The molecule has 14 nitrogen and oxygen atoms in total. The number of aliphatic carboxylic acids is 1. The third kappa shape index (κ3) is 16.9. The van der Waals surface area contributed by atoms with Crippen LogP contribution in [-0.2, 0) is 58.5 Å². The fraction of sp³-hybridized carbons (Fsp3) is 0.778. The number of benzene rings is 1. The summed E-state index contributed by atoms with van der Waals surface area (Å²) in [6.45, 7) is 21.8. The van der Waals surface area contributed by atoms with Gasteiger partial charge in [0, 0.05) is 52.9 Å². The van der Waals surface area contributed by atoms with E-state index < -0.39 is 74.3 Å². The molecule has 15 heteroatoms. The van der Waals surface area contributed by atoms with E-state index in [1.807, 2.05) is 43.3 Å². The molecular formula is C45H78O14Si. The Bertz CT molecular complexity index is 1440. The Morgan fingerprint density at radius 1 is 0.917 bits per heavy atom. The summed E-state index contributed by atoms with van der Waals surface area (Å²) in [6, 6.07) is 9.97. The first-order valence-corrected chi connectivity index (χ1v) is 24.0. The molecule has 0 radical (unpaired) electrons. The highest BCUT2D eigenvalue weighted by molar-refractivity contribution is 6.74. The van der Waals surface area contributed by atoms with Crippen molar-refractivity contribution in [3.05, 3.63) is 47.5 Å². The van der Waals surface area contributed by atoms with Gasteiger partial charge in [-0.15, -0.1) is 0 Å². The van der Waals surface area contributed by atoms with Crippen molar-refractivity contribution in [2.24, 2.45) is 11.3 Å². The van der Waals surface area contributed by atoms with Crippen molar-refractivity contribution in [1.29, 1.82) is 0 Å². The van der Waals surface area contributed by atoms with Crippen LogP contribution in [0.5, 0.6) is 0 Å². The van der Waals surface area contributed by atoms with E-state index >= 15 is 0 Å². The maximum absolute atomic E-state index is 14.6. The number of rotatable bonds is 29. The van der Waals surface area contributed by atoms with Gasteiger partial charge in [-0.1, -0.05) is 78.0 Å². The zero-order valence-electron chi connectivity index (χ0n) is 38.9. The van der Waals surface area contributed by atoms with Gasteiger partial charge in [0.25, 0.3) is 0 Å². The Morgan fingerprint density at radius 3 is 2.08 bits per heavy atom. The van der Waals surface area contributed by atoms with Gasteiger partial charge < -0.3 is 57.6 Å². The van der Waals surface area contributed by atoms with Crippen molar-refractivity contribution >= 4 is 20.1 Å². The van der Waals surface area contributed by atoms with E-state index in [0.717, 1.165) is 17.6 Å². The number of aliphatic hydroxyl groups is 2. The molecule has 0 aromatic heterocycles. The highest BCUT2D eigenvalue weighted by atomic mass is 28.4. The van der Waals surface area contributed by atoms with Crippen molar-refractivity contribution in [3.8, 4) is 0 Å². The predicted octanol–water partition coefficient (Wildman–Crippen LogP) is 7.04. The molecule has 0 amide bonds. The maximum atomic E-state index is 14.6. The van der Waals surface area contributed by atoms with Crippen LogP contribution in [0.15, 0.2) is 42.0 Å². The van der Waals surface area contributed by atoms with Crippen LogP contribution >= 0.6 is 0 Å². The zero-order chi connectivity index (χ0) is 45.5. The molecule has 1 aromatic rings. The van der Waals surface area contributed by atoms with Gasteiger partial charge >= 0.3 is 5.97 Å². The van der Waals surface area contributed by atoms with Crippen molar-refractivity contribution in [3.63, 3.8) is 0 Å². The second-order valence-corrected chi connectivity index (χ2v) is 23.3. The summed E-state index contributed by atoms with van der Waals surface area (Å²) in [6.07, 6.45) is -4.21. The summed E-state index contributed by atoms with van der Waals surface area (Å²) in [5.74, 6) is -2.66. The lowest BCUT2D eigenvalue weighted by molar-refractivity contribution is -0.189. The highest BCUT2D eigenvalue weighted by Gasteiger charge is 2.52. The van der Waals surface area contributed by atoms with Gasteiger partial charge in [0.05, 0.1) is 55.3 Å². The molecule has 2 rings (SSSR count). The van der Waals surface area contributed by atoms with Gasteiger partial charge in [-0.25, -0.2) is 4.79 Å². The van der Waals surface area contributed by atoms with Crippen LogP contribution in [0.1, 0.15) is 100.0 Å². The number of hydrogen-bond donors (Lipinski definition) is 3. The quantitative estimate of drug-likeness (QED) is 0.0424. The van der Waals surface area contributed by atoms with Gasteiger partial charge in [0.2, 0.25) is 0 Å². The monoisotopic (exact) mass is 871 g/mol. The smallest absolute Gasteiger partial charge is 0.335 e. The Kier molecular flexibility index (Phi) is 22.2. The lowest BCUT2D eigenvalue weighted by Gasteiger charge is -2.41. The number of hydrogen-bond acceptors (Lipinski definition) is 13. The average molecular weight is 871 g/mol. The SMILES string of the molecule is CC[C@H](/C=C(/C)[C@@H](O)C[C@H](C[C@H](O)C(C)(C)C(=O)[C@@H]1OC(C)(C)O[C@@H]1C[C@H](C[C@@H](OCOC)[C@H](OCOC)C(=O)O)O[Si](C)(C)C(C)(C)C)OC)COCc1ccccc1. The van der Waals surface area contributed by atoms with Gasteiger partial charge in [0.1, 0.15) is 19.7 Å². The predicted molar refractivity (Wildman–Crippen MR) is 231 cm³/mol. The molecule has 1 aromatic carbocycles. The Morgan fingerprint density at radius 2 is 1.53 bits per heavy atom. The third-order valence-corrected chi connectivity index (χ3v) is 16.3. The molecule has 1 saturated heterocycles. The molecule has 0 aliphatic carbocycles. The lowest BCUT2D eigenvalue weighted by Crippen LogP contribution is -2.50. The van der Waals surface area contributed by atoms with Gasteiger partial charge in [-0.3, -0.25) is 4.79 Å². The second-order valence-electron chi connectivity index (χ2n) is 18.5. The Balaban J connectivity index is 2.29. The van der Waals surface area contributed by atoms with Crippen molar-refractivity contribution in [2.75, 3.05) is 41.5 Å². The number of carboxylic acid groups (broad SMARTS) is 1. The maximum Gasteiger partial charge on any atom is 0.335 e. The fourth-order valence-corrected chi connectivity index (χ4v) is 8.29. The summed E-state index contributed by atoms with van der Waals surface area (Å²) in [4.78, 5) is 27.0. The normalized spacial score (nSPS) is 21.2. The molecule has 0 spiro atoms. The van der Waals surface area contributed by atoms with Gasteiger partial charge in [-0.05, 0) is 56.5 Å². The highest BCUT2D eigenvalue weighted by Crippen LogP contribution is 2.42. The number of carbonyl (C=O) groups is 2. The summed E-state index contributed by atoms with van der Waals surface area (Å²) in [5.41, 5.74) is 0.549. The number of carboxylic acids is 1. The van der Waals surface area contributed by atoms with Crippen LogP contribution in [-0.4, -0.2) is 132 Å². The number of Topliss-reactive ketones (excluding diaryl/α,β-unsaturated/α-hetero) is 1. The number of carbonyl (C=O) groups excluding carboxylic acids is 1. The first-order chi connectivity index (χ1) is 27.9. The van der Waals surface area contributed by atoms with E-state index in [2.05, 4.69) is 40.8 Å². The van der Waals surface area contributed by atoms with E-state index in [9.17, 15) is 24.9 Å². The first-order valence-electron chi connectivity index (χ1n) is 21.1. The lowest BCUT2D eigenvalue weighted by atomic mass is 9.76. The summed E-state index contributed by atoms with van der Waals surface area (Å²) in [5, 5.41) is 32.9. The van der Waals surface area contributed by atoms with E-state index in [1.165, 1.54) is 21.3 Å². The fourth-order valence-electron chi connectivity index (χ4n) is 6.91. The average Bonchev–Trinajstić information content (AvgIpc) is 3.48. The van der Waals surface area contributed by atoms with Crippen LogP contribution in [0.3, 0.4) is 0 Å². The summed E-state index contributed by atoms with van der Waals surface area (Å²) < 4.78 is 52.9. The van der Waals surface area contributed by atoms with Crippen molar-refractivity contribution < 1.29 is 67.2 Å². The van der Waals surface area contributed by atoms with E-state index in [1.54, 1.807) is 27.7 Å². The van der Waals surface area contributed by atoms with Crippen molar-refractivity contribution in [1.82, 2.24) is 0 Å². The molecule has 0 saturated carbocycles. The van der Waals surface area contributed by atoms with Crippen LogP contribution in [0.25, 0.3) is 0 Å². The molecule has 1 heterocycles. The second kappa shape index (κ2) is 24.7. The Labute approximate surface area is 360 Å². The molecule has 0 bridgehead atoms. The number of methoxy groups -OCH3 is 3. The molecule has 1 aliphatic heterocycles. The Hall–Kier alpha value is -2.12. The van der Waals surface area contributed by atoms with Gasteiger partial charge in [-0.2, -0.15) is 0 Å². The van der Waals surface area contributed by atoms with E-state index in [-0.39, 0.29) is 56.0 Å². The molecule has 1 aliphatic rings. The summed E-state index contributed by atoms with van der Waals surface area (Å²) in [7, 11) is 1.85. The first kappa shape index (κ1) is 54.0.